The SMILES string of the molecule is CN1CC=C(c2cnc(Nc3ccc(-c4ccsc4)cn3)nc2Nc2cccc(C(F)(F)F)c2)CC1. The van der Waals surface area contributed by atoms with E-state index in [9.17, 15) is 13.2 Å². The first-order chi connectivity index (χ1) is 17.3. The zero-order valence-corrected chi connectivity index (χ0v) is 20.2. The molecule has 0 saturated heterocycles. The van der Waals surface area contributed by atoms with Crippen molar-refractivity contribution in [3.8, 4) is 11.1 Å². The smallest absolute Gasteiger partial charge is 0.340 e. The fourth-order valence-corrected chi connectivity index (χ4v) is 4.54. The van der Waals surface area contributed by atoms with Crippen molar-refractivity contribution >= 4 is 40.2 Å². The molecule has 3 aromatic heterocycles. The number of thiophene rings is 1. The molecule has 0 bridgehead atoms. The zero-order chi connectivity index (χ0) is 25.1. The Morgan fingerprint density at radius 3 is 2.58 bits per heavy atom. The molecule has 0 atom stereocenters. The fourth-order valence-electron chi connectivity index (χ4n) is 3.88. The van der Waals surface area contributed by atoms with E-state index in [0.717, 1.165) is 53.9 Å². The Labute approximate surface area is 210 Å². The number of nitrogens with zero attached hydrogens (tertiary/aromatic N) is 4. The summed E-state index contributed by atoms with van der Waals surface area (Å²) in [4.78, 5) is 15.7. The highest BCUT2D eigenvalue weighted by atomic mass is 32.1. The summed E-state index contributed by atoms with van der Waals surface area (Å²) in [5.41, 5.74) is 3.47. The maximum absolute atomic E-state index is 13.3. The highest BCUT2D eigenvalue weighted by Crippen LogP contribution is 2.34. The second kappa shape index (κ2) is 10.1. The van der Waals surface area contributed by atoms with Gasteiger partial charge in [-0.2, -0.15) is 29.5 Å². The summed E-state index contributed by atoms with van der Waals surface area (Å²) in [6.45, 7) is 1.65. The van der Waals surface area contributed by atoms with Gasteiger partial charge < -0.3 is 15.5 Å². The van der Waals surface area contributed by atoms with Gasteiger partial charge in [-0.1, -0.05) is 12.1 Å². The Morgan fingerprint density at radius 2 is 1.89 bits per heavy atom. The van der Waals surface area contributed by atoms with E-state index in [1.54, 1.807) is 29.8 Å². The molecule has 2 N–H and O–H groups in total. The summed E-state index contributed by atoms with van der Waals surface area (Å²) in [5, 5.41) is 10.2. The molecule has 4 heterocycles. The van der Waals surface area contributed by atoms with Crippen LogP contribution in [0.2, 0.25) is 0 Å². The Morgan fingerprint density at radius 1 is 1.00 bits per heavy atom. The van der Waals surface area contributed by atoms with Crippen LogP contribution in [-0.4, -0.2) is 40.0 Å². The molecule has 0 fully saturated rings. The van der Waals surface area contributed by atoms with Gasteiger partial charge in [-0.05, 0) is 71.8 Å². The van der Waals surface area contributed by atoms with E-state index >= 15 is 0 Å². The minimum atomic E-state index is -4.43. The van der Waals surface area contributed by atoms with Gasteiger partial charge in [0.25, 0.3) is 0 Å². The molecule has 4 aromatic rings. The highest BCUT2D eigenvalue weighted by molar-refractivity contribution is 7.08. The number of anilines is 4. The van der Waals surface area contributed by atoms with Gasteiger partial charge in [0, 0.05) is 42.3 Å². The monoisotopic (exact) mass is 508 g/mol. The molecule has 6 nitrogen and oxygen atoms in total. The zero-order valence-electron chi connectivity index (χ0n) is 19.4. The minimum Gasteiger partial charge on any atom is -0.340 e. The van der Waals surface area contributed by atoms with Crippen LogP contribution in [0.25, 0.3) is 16.7 Å². The summed E-state index contributed by atoms with van der Waals surface area (Å²) >= 11 is 1.62. The number of nitrogens with one attached hydrogen (secondary N) is 2. The van der Waals surface area contributed by atoms with Gasteiger partial charge in [-0.3, -0.25) is 0 Å². The van der Waals surface area contributed by atoms with E-state index in [4.69, 9.17) is 0 Å². The maximum Gasteiger partial charge on any atom is 0.416 e. The lowest BCUT2D eigenvalue weighted by atomic mass is 10.0. The van der Waals surface area contributed by atoms with E-state index < -0.39 is 11.7 Å². The molecule has 10 heteroatoms. The topological polar surface area (TPSA) is 66.0 Å². The van der Waals surface area contributed by atoms with E-state index in [1.807, 2.05) is 30.6 Å². The van der Waals surface area contributed by atoms with Crippen LogP contribution in [-0.2, 0) is 6.18 Å². The number of rotatable bonds is 6. The number of likely N-dealkylation sites (N-methyl/N-ethyl adjacent to an activating group) is 1. The van der Waals surface area contributed by atoms with E-state index in [1.165, 1.54) is 6.07 Å². The first kappa shape index (κ1) is 24.0. The standard InChI is InChI=1S/C26H23F3N6S/c1-35-10-7-17(8-11-35)22-15-31-25(33-23-6-5-18(14-30-23)19-9-12-36-16-19)34-24(22)32-21-4-2-3-20(13-21)26(27,28)29/h2-7,9,12-16H,8,10-11H2,1H3,(H2,30,31,32,33,34). The molecular weight excluding hydrogens is 485 g/mol. The predicted molar refractivity (Wildman–Crippen MR) is 138 cm³/mol. The molecule has 5 rings (SSSR count). The van der Waals surface area contributed by atoms with E-state index in [0.29, 0.717) is 17.3 Å². The first-order valence-electron chi connectivity index (χ1n) is 11.3. The number of aromatic nitrogens is 3. The molecule has 0 amide bonds. The van der Waals surface area contributed by atoms with Crippen LogP contribution < -0.4 is 10.6 Å². The molecule has 0 unspecified atom stereocenters. The third kappa shape index (κ3) is 5.55. The lowest BCUT2D eigenvalue weighted by Crippen LogP contribution is -2.24. The van der Waals surface area contributed by atoms with Crippen LogP contribution in [0, 0.1) is 0 Å². The van der Waals surface area contributed by atoms with Gasteiger partial charge in [0.15, 0.2) is 0 Å². The van der Waals surface area contributed by atoms with Gasteiger partial charge in [0.05, 0.1) is 5.56 Å². The molecule has 1 aromatic carbocycles. The Hall–Kier alpha value is -3.76. The summed E-state index contributed by atoms with van der Waals surface area (Å²) in [6, 6.07) is 10.9. The number of pyridine rings is 1. The summed E-state index contributed by atoms with van der Waals surface area (Å²) < 4.78 is 39.8. The van der Waals surface area contributed by atoms with Gasteiger partial charge in [0.1, 0.15) is 11.6 Å². The lowest BCUT2D eigenvalue weighted by Gasteiger charge is -2.23. The van der Waals surface area contributed by atoms with Crippen molar-refractivity contribution in [2.45, 2.75) is 12.6 Å². The summed E-state index contributed by atoms with van der Waals surface area (Å²) in [7, 11) is 2.04. The number of halogens is 3. The Bertz CT molecular complexity index is 1370. The van der Waals surface area contributed by atoms with Crippen LogP contribution in [0.1, 0.15) is 17.5 Å². The van der Waals surface area contributed by atoms with Crippen LogP contribution in [0.5, 0.6) is 0 Å². The summed E-state index contributed by atoms with van der Waals surface area (Å²) in [6.07, 6.45) is 1.91. The van der Waals surface area contributed by atoms with Gasteiger partial charge in [-0.15, -0.1) is 0 Å². The summed E-state index contributed by atoms with van der Waals surface area (Å²) in [5.74, 6) is 1.28. The molecule has 1 aliphatic heterocycles. The highest BCUT2D eigenvalue weighted by Gasteiger charge is 2.30. The number of hydrogen-bond donors (Lipinski definition) is 2. The van der Waals surface area contributed by atoms with Crippen molar-refractivity contribution in [1.29, 1.82) is 0 Å². The van der Waals surface area contributed by atoms with Crippen molar-refractivity contribution < 1.29 is 13.2 Å². The molecule has 36 heavy (non-hydrogen) atoms. The van der Waals surface area contributed by atoms with Crippen molar-refractivity contribution in [2.75, 3.05) is 30.8 Å². The van der Waals surface area contributed by atoms with Crippen molar-refractivity contribution in [1.82, 2.24) is 19.9 Å². The van der Waals surface area contributed by atoms with Crippen LogP contribution in [0.3, 0.4) is 0 Å². The Kier molecular flexibility index (Phi) is 6.71. The van der Waals surface area contributed by atoms with E-state index in [-0.39, 0.29) is 5.95 Å². The van der Waals surface area contributed by atoms with Gasteiger partial charge >= 0.3 is 6.18 Å². The van der Waals surface area contributed by atoms with Gasteiger partial charge in [0.2, 0.25) is 5.95 Å². The second-order valence-corrected chi connectivity index (χ2v) is 9.25. The molecular formula is C26H23F3N6S. The number of alkyl halides is 3. The number of benzene rings is 1. The van der Waals surface area contributed by atoms with E-state index in [2.05, 4.69) is 41.9 Å². The lowest BCUT2D eigenvalue weighted by molar-refractivity contribution is -0.137. The normalized spacial score (nSPS) is 14.4. The molecule has 0 radical (unpaired) electrons. The third-order valence-electron chi connectivity index (χ3n) is 5.86. The third-order valence-corrected chi connectivity index (χ3v) is 6.54. The molecule has 0 aliphatic carbocycles. The van der Waals surface area contributed by atoms with Crippen molar-refractivity contribution in [3.63, 3.8) is 0 Å². The van der Waals surface area contributed by atoms with Crippen LogP contribution in [0.15, 0.2) is 71.7 Å². The predicted octanol–water partition coefficient (Wildman–Crippen LogP) is 6.83. The van der Waals surface area contributed by atoms with Gasteiger partial charge in [-0.25, -0.2) is 9.97 Å². The minimum absolute atomic E-state index is 0.289. The average Bonchev–Trinajstić information content (AvgIpc) is 3.40. The molecule has 1 aliphatic rings. The van der Waals surface area contributed by atoms with Crippen LogP contribution in [0.4, 0.5) is 36.4 Å². The average molecular weight is 509 g/mol. The first-order valence-corrected chi connectivity index (χ1v) is 12.2. The molecule has 0 saturated carbocycles. The van der Waals surface area contributed by atoms with Crippen molar-refractivity contribution in [3.05, 3.63) is 82.8 Å². The van der Waals surface area contributed by atoms with Crippen molar-refractivity contribution in [2.24, 2.45) is 0 Å². The quantitative estimate of drug-likeness (QED) is 0.298. The Balaban J connectivity index is 1.44. The molecule has 184 valence electrons. The van der Waals surface area contributed by atoms with Crippen LogP contribution >= 0.6 is 11.3 Å². The second-order valence-electron chi connectivity index (χ2n) is 8.47. The fraction of sp³-hybridized carbons (Fsp3) is 0.192. The maximum atomic E-state index is 13.3. The molecule has 0 spiro atoms. The number of hydrogen-bond acceptors (Lipinski definition) is 7. The largest absolute Gasteiger partial charge is 0.416 e.